The van der Waals surface area contributed by atoms with E-state index in [9.17, 15) is 0 Å². The van der Waals surface area contributed by atoms with Crippen molar-refractivity contribution < 1.29 is 0 Å². The van der Waals surface area contributed by atoms with Gasteiger partial charge in [0.25, 0.3) is 0 Å². The summed E-state index contributed by atoms with van der Waals surface area (Å²) in [6.45, 7) is 16.2. The van der Waals surface area contributed by atoms with Gasteiger partial charge in [0.1, 0.15) is 0 Å². The Hall–Kier alpha value is 0.540. The molecule has 0 amide bonds. The molecular formula is C16H32N8P2. The summed E-state index contributed by atoms with van der Waals surface area (Å²) in [5.74, 6) is 0. The van der Waals surface area contributed by atoms with Crippen molar-refractivity contribution in [1.29, 1.82) is 0 Å². The van der Waals surface area contributed by atoms with E-state index in [-0.39, 0.29) is 0 Å². The number of hydrogen-bond acceptors (Lipinski definition) is 8. The van der Waals surface area contributed by atoms with Crippen LogP contribution in [0.5, 0.6) is 0 Å². The first kappa shape index (κ1) is 15.4. The summed E-state index contributed by atoms with van der Waals surface area (Å²) in [4.78, 5) is 0. The summed E-state index contributed by atoms with van der Waals surface area (Å²) in [6.07, 6.45) is 0. The van der Waals surface area contributed by atoms with Crippen LogP contribution in [0, 0.1) is 0 Å². The molecule has 8 nitrogen and oxygen atoms in total. The molecule has 0 N–H and O–H groups in total. The van der Waals surface area contributed by atoms with Crippen molar-refractivity contribution in [2.45, 2.75) is 0 Å². The zero-order valence-corrected chi connectivity index (χ0v) is 17.6. The maximum absolute atomic E-state index is 3.14. The third-order valence-corrected chi connectivity index (χ3v) is 32.1. The van der Waals surface area contributed by atoms with Crippen LogP contribution in [0.4, 0.5) is 0 Å². The summed E-state index contributed by atoms with van der Waals surface area (Å²) in [5, 5.41) is 0. The summed E-state index contributed by atoms with van der Waals surface area (Å²) in [6, 6.07) is 0. The van der Waals surface area contributed by atoms with E-state index in [0.717, 1.165) is 0 Å². The van der Waals surface area contributed by atoms with E-state index in [2.05, 4.69) is 37.4 Å². The average Bonchev–Trinajstić information content (AvgIpc) is 3.38. The Morgan fingerprint density at radius 1 is 0.231 bits per heavy atom. The van der Waals surface area contributed by atoms with Gasteiger partial charge >= 0.3 is 156 Å². The molecule has 0 unspecified atom stereocenters. The Morgan fingerprint density at radius 2 is 0.346 bits per heavy atom. The Kier molecular flexibility index (Phi) is 2.48. The van der Waals surface area contributed by atoms with Gasteiger partial charge in [-0.05, 0) is 0 Å². The van der Waals surface area contributed by atoms with Crippen LogP contribution in [0.3, 0.4) is 0 Å². The summed E-state index contributed by atoms with van der Waals surface area (Å²) < 4.78 is 25.1. The van der Waals surface area contributed by atoms with Crippen LogP contribution in [0.1, 0.15) is 0 Å². The summed E-state index contributed by atoms with van der Waals surface area (Å²) in [5.41, 5.74) is 0. The zero-order valence-electron chi connectivity index (χ0n) is 15.8. The van der Waals surface area contributed by atoms with Crippen LogP contribution in [0.2, 0.25) is 0 Å². The quantitative estimate of drug-likeness (QED) is 0.563. The molecular weight excluding hydrogens is 366 g/mol. The molecule has 0 saturated carbocycles. The molecule has 2 spiro atoms. The second-order valence-corrected chi connectivity index (χ2v) is 21.8. The molecule has 0 aromatic carbocycles. The van der Waals surface area contributed by atoms with E-state index in [1.165, 1.54) is 105 Å². The van der Waals surface area contributed by atoms with Crippen LogP contribution < -0.4 is 0 Å². The molecule has 0 aromatic heterocycles. The van der Waals surface area contributed by atoms with Gasteiger partial charge in [-0.1, -0.05) is 0 Å². The second kappa shape index (κ2) is 4.20. The topological polar surface area (TPSA) is 25.9 Å². The van der Waals surface area contributed by atoms with Crippen LogP contribution >= 0.6 is 13.8 Å². The van der Waals surface area contributed by atoms with Crippen LogP contribution in [-0.2, 0) is 0 Å². The van der Waals surface area contributed by atoms with E-state index in [1.54, 1.807) is 0 Å². The van der Waals surface area contributed by atoms with E-state index in [1.807, 2.05) is 0 Å². The first-order valence-corrected chi connectivity index (χ1v) is 15.7. The standard InChI is InChI=1S/C16H32N8P2/c1-2-18-5-6-20-8-7-19-4-3-17(1)25(18,19,20)26-21-9-10-22(26)13-14-24(26)16-15-23(26)12-11-21/h1-16H2. The summed E-state index contributed by atoms with van der Waals surface area (Å²) in [7, 11) is 0. The van der Waals surface area contributed by atoms with Crippen molar-refractivity contribution >= 4 is 13.8 Å². The fraction of sp³-hybridized carbons (Fsp3) is 1.00. The van der Waals surface area contributed by atoms with Gasteiger partial charge in [-0.3, -0.25) is 0 Å². The van der Waals surface area contributed by atoms with E-state index in [0.29, 0.717) is 0 Å². The van der Waals surface area contributed by atoms with Crippen molar-refractivity contribution in [1.82, 2.24) is 37.4 Å². The second-order valence-electron chi connectivity index (χ2n) is 9.42. The SMILES string of the molecule is C1CN2CCN3CCN4CCN1P243P123N4CCN1CCN2CCN3CC4. The van der Waals surface area contributed by atoms with Crippen molar-refractivity contribution in [2.24, 2.45) is 0 Å². The van der Waals surface area contributed by atoms with Gasteiger partial charge in [0.2, 0.25) is 0 Å². The Bertz CT molecular complexity index is 522. The van der Waals surface area contributed by atoms with Crippen molar-refractivity contribution in [3.05, 3.63) is 0 Å². The number of rotatable bonds is 1. The fourth-order valence-electron chi connectivity index (χ4n) is 9.56. The zero-order chi connectivity index (χ0) is 16.8. The predicted molar refractivity (Wildman–Crippen MR) is 106 cm³/mol. The van der Waals surface area contributed by atoms with Gasteiger partial charge < -0.3 is 0 Å². The minimum atomic E-state index is -2.50. The first-order valence-electron chi connectivity index (χ1n) is 10.9. The molecule has 26 heavy (non-hydrogen) atoms. The van der Waals surface area contributed by atoms with Gasteiger partial charge in [-0.25, -0.2) is 0 Å². The molecule has 8 aliphatic rings. The van der Waals surface area contributed by atoms with Gasteiger partial charge in [0.05, 0.1) is 0 Å². The molecule has 8 aliphatic heterocycles. The van der Waals surface area contributed by atoms with Crippen LogP contribution in [-0.4, -0.2) is 142 Å². The normalized spacial score (nSPS) is 46.8. The predicted octanol–water partition coefficient (Wildman–Crippen LogP) is -0.147. The average molecular weight is 398 g/mol. The molecule has 10 heteroatoms. The molecule has 0 radical (unpaired) electrons. The van der Waals surface area contributed by atoms with E-state index >= 15 is 0 Å². The molecule has 0 atom stereocenters. The van der Waals surface area contributed by atoms with Crippen molar-refractivity contribution in [3.8, 4) is 0 Å². The van der Waals surface area contributed by atoms with Gasteiger partial charge in [0.15, 0.2) is 0 Å². The number of nitrogens with zero attached hydrogens (tertiary/aromatic N) is 8. The molecule has 8 saturated heterocycles. The van der Waals surface area contributed by atoms with Crippen molar-refractivity contribution in [3.63, 3.8) is 0 Å². The van der Waals surface area contributed by atoms with Gasteiger partial charge in [-0.15, -0.1) is 0 Å². The van der Waals surface area contributed by atoms with E-state index < -0.39 is 13.8 Å². The molecule has 0 aliphatic carbocycles. The molecule has 8 rings (SSSR count). The summed E-state index contributed by atoms with van der Waals surface area (Å²) >= 11 is 0. The van der Waals surface area contributed by atoms with E-state index in [4.69, 9.17) is 0 Å². The molecule has 8 fully saturated rings. The monoisotopic (exact) mass is 398 g/mol. The minimum absolute atomic E-state index is 1.33. The molecule has 8 heterocycles. The first-order chi connectivity index (χ1) is 12.8. The Labute approximate surface area is 156 Å². The third kappa shape index (κ3) is 0.936. The number of hydrogen-bond donors (Lipinski definition) is 0. The molecule has 146 valence electrons. The molecule has 0 bridgehead atoms. The van der Waals surface area contributed by atoms with Gasteiger partial charge in [0, 0.05) is 0 Å². The Balaban J connectivity index is 1.60. The molecule has 0 aromatic rings. The Morgan fingerprint density at radius 3 is 0.462 bits per heavy atom. The third-order valence-electron chi connectivity index (χ3n) is 9.62. The maximum atomic E-state index is 3.14. The van der Waals surface area contributed by atoms with Crippen LogP contribution in [0.25, 0.3) is 0 Å². The van der Waals surface area contributed by atoms with Crippen LogP contribution in [0.15, 0.2) is 0 Å². The van der Waals surface area contributed by atoms with Crippen molar-refractivity contribution in [2.75, 3.05) is 105 Å². The van der Waals surface area contributed by atoms with Gasteiger partial charge in [-0.2, -0.15) is 0 Å². The fourth-order valence-corrected chi connectivity index (χ4v) is 39.8.